The fraction of sp³-hybridized carbons (Fsp3) is 0.368. The maximum absolute atomic E-state index is 14.0. The van der Waals surface area contributed by atoms with Gasteiger partial charge in [-0.1, -0.05) is 0 Å². The Morgan fingerprint density at radius 2 is 2.34 bits per heavy atom. The van der Waals surface area contributed by atoms with Gasteiger partial charge in [-0.2, -0.15) is 5.10 Å². The van der Waals surface area contributed by atoms with Crippen molar-refractivity contribution in [3.05, 3.63) is 35.9 Å². The monoisotopic (exact) mass is 398 g/mol. The van der Waals surface area contributed by atoms with Gasteiger partial charge in [0, 0.05) is 18.3 Å². The van der Waals surface area contributed by atoms with Crippen LogP contribution in [0.5, 0.6) is 5.88 Å². The number of carbonyl (C=O) groups excluding carboxylic acids is 1. The number of hydrazone groups is 1. The van der Waals surface area contributed by atoms with Gasteiger partial charge in [0.1, 0.15) is 24.9 Å². The van der Waals surface area contributed by atoms with Gasteiger partial charge in [0.25, 0.3) is 0 Å². The molecule has 0 spiro atoms. The fourth-order valence-electron chi connectivity index (χ4n) is 3.47. The second-order valence-electron chi connectivity index (χ2n) is 6.42. The molecule has 1 saturated heterocycles. The summed E-state index contributed by atoms with van der Waals surface area (Å²) < 4.78 is 19.7. The first-order chi connectivity index (χ1) is 14.3. The highest BCUT2D eigenvalue weighted by Crippen LogP contribution is 2.37. The molecule has 29 heavy (non-hydrogen) atoms. The summed E-state index contributed by atoms with van der Waals surface area (Å²) in [5, 5.41) is 5.87. The molecule has 2 atom stereocenters. The Balaban J connectivity index is 1.53. The van der Waals surface area contributed by atoms with Gasteiger partial charge in [-0.15, -0.1) is 0 Å². The molecule has 1 aromatic heterocycles. The maximum atomic E-state index is 14.0. The molecule has 3 aliphatic heterocycles. The van der Waals surface area contributed by atoms with Gasteiger partial charge in [0.15, 0.2) is 0 Å². The standard InChI is InChI=1S/C19H19FN6O3/c20-14-11-15(19(21-12-14)28-9-10-29-23-13-27)16-3-2-7-25(16)17-5-8-26-18(24-17)4-1-6-22-26/h5-6,8,11-13,16,18H,2-3,7,9-10H2,(H,23,27)/t16-,18?/m1/s1. The number of hydrogen-bond donors (Lipinski definition) is 1. The summed E-state index contributed by atoms with van der Waals surface area (Å²) in [6.07, 6.45) is 8.19. The van der Waals surface area contributed by atoms with Crippen molar-refractivity contribution in [1.29, 1.82) is 0 Å². The van der Waals surface area contributed by atoms with E-state index >= 15 is 0 Å². The number of hydrogen-bond acceptors (Lipinski definition) is 8. The molecular formula is C19H19FN6O3. The van der Waals surface area contributed by atoms with Crippen molar-refractivity contribution >= 4 is 18.5 Å². The average molecular weight is 398 g/mol. The average Bonchev–Trinajstić information content (AvgIpc) is 3.24. The van der Waals surface area contributed by atoms with Crippen LogP contribution >= 0.6 is 0 Å². The summed E-state index contributed by atoms with van der Waals surface area (Å²) in [6.45, 7) is 1.07. The normalized spacial score (nSPS) is 21.9. The third-order valence-corrected chi connectivity index (χ3v) is 4.66. The Bertz CT molecular complexity index is 922. The van der Waals surface area contributed by atoms with E-state index in [-0.39, 0.29) is 25.4 Å². The summed E-state index contributed by atoms with van der Waals surface area (Å²) in [5.41, 5.74) is 2.74. The molecule has 0 bridgehead atoms. The molecule has 3 aliphatic rings. The van der Waals surface area contributed by atoms with Crippen LogP contribution in [0.4, 0.5) is 4.39 Å². The second-order valence-corrected chi connectivity index (χ2v) is 6.42. The number of pyridine rings is 1. The quantitative estimate of drug-likeness (QED) is 0.319. The van der Waals surface area contributed by atoms with Gasteiger partial charge in [-0.3, -0.25) is 9.63 Å². The van der Waals surface area contributed by atoms with Crippen molar-refractivity contribution in [2.45, 2.75) is 25.0 Å². The number of amidine groups is 1. The van der Waals surface area contributed by atoms with Crippen molar-refractivity contribution in [3.8, 4) is 17.7 Å². The zero-order chi connectivity index (χ0) is 20.1. The van der Waals surface area contributed by atoms with E-state index in [4.69, 9.17) is 9.57 Å². The van der Waals surface area contributed by atoms with Crippen LogP contribution < -0.4 is 10.2 Å². The van der Waals surface area contributed by atoms with E-state index in [0.717, 1.165) is 31.4 Å². The molecule has 9 nitrogen and oxygen atoms in total. The predicted octanol–water partition coefficient (Wildman–Crippen LogP) is 0.971. The Kier molecular flexibility index (Phi) is 5.67. The lowest BCUT2D eigenvalue weighted by atomic mass is 10.1. The largest absolute Gasteiger partial charge is 0.475 e. The van der Waals surface area contributed by atoms with Crippen molar-refractivity contribution in [1.82, 2.24) is 20.4 Å². The molecule has 4 rings (SSSR count). The van der Waals surface area contributed by atoms with E-state index in [0.29, 0.717) is 17.9 Å². The topological polar surface area (TPSA) is 91.7 Å². The Labute approximate surface area is 166 Å². The number of amides is 1. The van der Waals surface area contributed by atoms with Crippen LogP contribution in [0.1, 0.15) is 24.4 Å². The number of rotatable bonds is 7. The highest BCUT2D eigenvalue weighted by molar-refractivity contribution is 5.94. The minimum Gasteiger partial charge on any atom is -0.475 e. The molecule has 10 heteroatoms. The summed E-state index contributed by atoms with van der Waals surface area (Å²) in [5.74, 6) is 6.52. The molecule has 1 amide bonds. The molecule has 1 aromatic rings. The summed E-state index contributed by atoms with van der Waals surface area (Å²) in [7, 11) is 0. The Hall–Kier alpha value is -3.45. The number of likely N-dealkylation sites (tertiary alicyclic amines) is 1. The van der Waals surface area contributed by atoms with Crippen molar-refractivity contribution in [2.24, 2.45) is 10.1 Å². The second kappa shape index (κ2) is 8.70. The van der Waals surface area contributed by atoms with E-state index in [1.165, 1.54) is 12.3 Å². The molecule has 1 N–H and O–H groups in total. The van der Waals surface area contributed by atoms with Crippen molar-refractivity contribution in [2.75, 3.05) is 19.8 Å². The van der Waals surface area contributed by atoms with E-state index in [1.54, 1.807) is 5.01 Å². The number of fused-ring (bicyclic) bond motifs is 1. The fourth-order valence-corrected chi connectivity index (χ4v) is 3.47. The van der Waals surface area contributed by atoms with Gasteiger partial charge in [0.05, 0.1) is 18.5 Å². The minimum absolute atomic E-state index is 0.128. The van der Waals surface area contributed by atoms with Crippen LogP contribution in [0, 0.1) is 17.7 Å². The van der Waals surface area contributed by atoms with Gasteiger partial charge in [0.2, 0.25) is 18.5 Å². The number of aliphatic imine (C=N–C) groups is 1. The zero-order valence-corrected chi connectivity index (χ0v) is 15.5. The number of aromatic nitrogens is 1. The van der Waals surface area contributed by atoms with Crippen LogP contribution in [0.3, 0.4) is 0 Å². The predicted molar refractivity (Wildman–Crippen MR) is 102 cm³/mol. The molecule has 0 saturated carbocycles. The van der Waals surface area contributed by atoms with Gasteiger partial charge in [-0.25, -0.2) is 24.9 Å². The lowest BCUT2D eigenvalue weighted by Crippen LogP contribution is -2.37. The first kappa shape index (κ1) is 18.9. The van der Waals surface area contributed by atoms with E-state index in [2.05, 4.69) is 37.3 Å². The molecule has 0 radical (unpaired) electrons. The van der Waals surface area contributed by atoms with E-state index < -0.39 is 5.82 Å². The van der Waals surface area contributed by atoms with Crippen LogP contribution in [-0.2, 0) is 9.63 Å². The van der Waals surface area contributed by atoms with Gasteiger partial charge < -0.3 is 9.64 Å². The molecule has 0 aromatic carbocycles. The molecule has 150 valence electrons. The summed E-state index contributed by atoms with van der Waals surface area (Å²) in [4.78, 5) is 26.0. The number of nitrogens with zero attached hydrogens (tertiary/aromatic N) is 5. The van der Waals surface area contributed by atoms with Crippen molar-refractivity contribution in [3.63, 3.8) is 0 Å². The minimum atomic E-state index is -0.433. The first-order valence-corrected chi connectivity index (χ1v) is 9.20. The summed E-state index contributed by atoms with van der Waals surface area (Å²) in [6, 6.07) is 1.32. The lowest BCUT2D eigenvalue weighted by molar-refractivity contribution is -0.121. The van der Waals surface area contributed by atoms with Crippen LogP contribution in [0.25, 0.3) is 0 Å². The third-order valence-electron chi connectivity index (χ3n) is 4.66. The number of carbonyl (C=O) groups is 1. The number of hydroxylamine groups is 1. The molecule has 0 aliphatic carbocycles. The smallest absolute Gasteiger partial charge is 0.230 e. The van der Waals surface area contributed by atoms with Crippen LogP contribution in [0.2, 0.25) is 0 Å². The number of nitrogens with one attached hydrogen (secondary N) is 1. The van der Waals surface area contributed by atoms with Gasteiger partial charge in [-0.05, 0) is 36.8 Å². The third kappa shape index (κ3) is 4.20. The Morgan fingerprint density at radius 1 is 1.41 bits per heavy atom. The Morgan fingerprint density at radius 3 is 3.24 bits per heavy atom. The molecule has 1 fully saturated rings. The van der Waals surface area contributed by atoms with E-state index in [9.17, 15) is 9.18 Å². The van der Waals surface area contributed by atoms with E-state index in [1.807, 2.05) is 12.3 Å². The molecular weight excluding hydrogens is 379 g/mol. The highest BCUT2D eigenvalue weighted by Gasteiger charge is 2.33. The number of ether oxygens (including phenoxy) is 1. The number of halogens is 1. The highest BCUT2D eigenvalue weighted by atomic mass is 19.1. The first-order valence-electron chi connectivity index (χ1n) is 9.20. The summed E-state index contributed by atoms with van der Waals surface area (Å²) >= 11 is 0. The molecule has 1 unspecified atom stereocenters. The lowest BCUT2D eigenvalue weighted by Gasteiger charge is -2.32. The zero-order valence-electron chi connectivity index (χ0n) is 15.5. The van der Waals surface area contributed by atoms with Crippen LogP contribution in [-0.4, -0.2) is 59.3 Å². The van der Waals surface area contributed by atoms with Crippen molar-refractivity contribution < 1.29 is 18.8 Å². The van der Waals surface area contributed by atoms with Gasteiger partial charge >= 0.3 is 0 Å². The SMILES string of the molecule is O=CNOCCOc1ncc(F)cc1[C@H]1CCCN1C1=NC2C#CC=NN2C=C1. The maximum Gasteiger partial charge on any atom is 0.230 e. The van der Waals surface area contributed by atoms with Crippen LogP contribution in [0.15, 0.2) is 34.6 Å². The molecule has 4 heterocycles.